The van der Waals surface area contributed by atoms with Crippen LogP contribution in [0.25, 0.3) is 0 Å². The van der Waals surface area contributed by atoms with Crippen molar-refractivity contribution < 1.29 is 14.6 Å². The van der Waals surface area contributed by atoms with Crippen molar-refractivity contribution in [2.45, 2.75) is 6.76 Å². The van der Waals surface area contributed by atoms with Gasteiger partial charge in [0.05, 0.1) is 0 Å². The summed E-state index contributed by atoms with van der Waals surface area (Å²) in [4.78, 5) is 9.96. The monoisotopic (exact) mass is 458 g/mol. The molecule has 6 heteroatoms. The van der Waals surface area contributed by atoms with E-state index in [0.29, 0.717) is 0 Å². The molecule has 0 aromatic rings. The van der Waals surface area contributed by atoms with Crippen LogP contribution < -0.4 is 0 Å². The minimum atomic E-state index is -1.26. The molecule has 0 saturated heterocycles. The van der Waals surface area contributed by atoms with Gasteiger partial charge in [-0.3, -0.25) is 0 Å². The number of ether oxygens (including phenoxy) is 1. The molecule has 0 aromatic heterocycles. The summed E-state index contributed by atoms with van der Waals surface area (Å²) in [5, 5.41) is 8.16. The molecule has 0 heterocycles. The first-order chi connectivity index (χ1) is 5.52. The molecule has 0 saturated carbocycles. The molecular weight excluding hydrogens is 454 g/mol. The Kier molecular flexibility index (Phi) is 7.66. The second-order valence-corrected chi connectivity index (χ2v) is 7.01. The van der Waals surface area contributed by atoms with Crippen LogP contribution >= 0.6 is 61.1 Å². The third-order valence-corrected chi connectivity index (χ3v) is 1.91. The van der Waals surface area contributed by atoms with E-state index in [-0.39, 0.29) is 13.4 Å². The van der Waals surface area contributed by atoms with Crippen molar-refractivity contribution in [2.24, 2.45) is 0 Å². The SMILES string of the molecule is O=C(O)OCC(I)C#CC(Br)I. The molecule has 0 aliphatic rings. The third kappa shape index (κ3) is 8.86. The molecule has 12 heavy (non-hydrogen) atoms. The first-order valence-corrected chi connectivity index (χ1v) is 6.22. The predicted octanol–water partition coefficient (Wildman–Crippen LogP) is 2.64. The Morgan fingerprint density at radius 3 is 2.58 bits per heavy atom. The molecule has 1 N–H and O–H groups in total. The van der Waals surface area contributed by atoms with Gasteiger partial charge in [0.15, 0.2) is 0 Å². The van der Waals surface area contributed by atoms with Gasteiger partial charge in [-0.25, -0.2) is 4.79 Å². The molecule has 0 aliphatic heterocycles. The minimum Gasteiger partial charge on any atom is -0.450 e. The molecule has 0 spiro atoms. The van der Waals surface area contributed by atoms with Gasteiger partial charge in [0.1, 0.15) is 13.4 Å². The number of halogens is 3. The molecule has 2 atom stereocenters. The smallest absolute Gasteiger partial charge is 0.450 e. The van der Waals surface area contributed by atoms with Crippen molar-refractivity contribution in [1.29, 1.82) is 0 Å². The lowest BCUT2D eigenvalue weighted by molar-refractivity contribution is 0.0954. The van der Waals surface area contributed by atoms with Gasteiger partial charge in [0.25, 0.3) is 0 Å². The highest BCUT2D eigenvalue weighted by molar-refractivity contribution is 14.1. The second kappa shape index (κ2) is 7.20. The maximum absolute atomic E-state index is 9.96. The van der Waals surface area contributed by atoms with Gasteiger partial charge < -0.3 is 9.84 Å². The van der Waals surface area contributed by atoms with Crippen LogP contribution in [0.3, 0.4) is 0 Å². The molecule has 0 aromatic carbocycles. The lowest BCUT2D eigenvalue weighted by Crippen LogP contribution is -2.10. The van der Waals surface area contributed by atoms with Gasteiger partial charge in [0, 0.05) is 0 Å². The minimum absolute atomic E-state index is 0.0893. The largest absolute Gasteiger partial charge is 0.505 e. The van der Waals surface area contributed by atoms with Crippen molar-refractivity contribution in [3.8, 4) is 11.8 Å². The number of hydrogen-bond acceptors (Lipinski definition) is 2. The molecule has 2 unspecified atom stereocenters. The zero-order valence-electron chi connectivity index (χ0n) is 5.76. The summed E-state index contributed by atoms with van der Waals surface area (Å²) < 4.78 is 4.33. The lowest BCUT2D eigenvalue weighted by atomic mass is 10.4. The van der Waals surface area contributed by atoms with Crippen LogP contribution in [0.1, 0.15) is 0 Å². The van der Waals surface area contributed by atoms with E-state index in [0.717, 1.165) is 0 Å². The van der Waals surface area contributed by atoms with Crippen LogP contribution in [0, 0.1) is 11.8 Å². The highest BCUT2D eigenvalue weighted by Crippen LogP contribution is 2.07. The van der Waals surface area contributed by atoms with E-state index < -0.39 is 6.16 Å². The number of rotatable bonds is 2. The fourth-order valence-corrected chi connectivity index (χ4v) is 1.01. The summed E-state index contributed by atoms with van der Waals surface area (Å²) in [6, 6.07) is 0. The highest BCUT2D eigenvalue weighted by Gasteiger charge is 2.03. The molecule has 0 fully saturated rings. The first kappa shape index (κ1) is 12.8. The second-order valence-electron chi connectivity index (χ2n) is 1.63. The molecule has 0 rings (SSSR count). The molecule has 3 nitrogen and oxygen atoms in total. The summed E-state index contributed by atoms with van der Waals surface area (Å²) in [6.45, 7) is 0.110. The normalized spacial score (nSPS) is 13.9. The van der Waals surface area contributed by atoms with Gasteiger partial charge in [0.2, 0.25) is 0 Å². The van der Waals surface area contributed by atoms with Crippen molar-refractivity contribution >= 4 is 67.3 Å². The van der Waals surface area contributed by atoms with E-state index >= 15 is 0 Å². The summed E-state index contributed by atoms with van der Waals surface area (Å²) in [7, 11) is 0. The van der Waals surface area contributed by atoms with Gasteiger partial charge in [-0.15, -0.1) is 0 Å². The number of carboxylic acid groups (broad SMARTS) is 1. The standard InChI is InChI=1S/C6H5BrI2O3/c7-5(9)2-1-4(8)3-12-6(10)11/h4-5H,3H2,(H,10,11). The summed E-state index contributed by atoms with van der Waals surface area (Å²) in [5.41, 5.74) is 0. The number of alkyl halides is 3. The summed E-state index contributed by atoms with van der Waals surface area (Å²) >= 11 is 7.36. The average molecular weight is 459 g/mol. The Hall–Kier alpha value is 0.770. The zero-order chi connectivity index (χ0) is 9.56. The van der Waals surface area contributed by atoms with E-state index in [1.165, 1.54) is 0 Å². The highest BCUT2D eigenvalue weighted by atomic mass is 127. The fraction of sp³-hybridized carbons (Fsp3) is 0.500. The molecule has 0 amide bonds. The molecular formula is C6H5BrI2O3. The predicted molar refractivity (Wildman–Crippen MR) is 66.3 cm³/mol. The van der Waals surface area contributed by atoms with Gasteiger partial charge in [-0.05, 0) is 0 Å². The molecule has 68 valence electrons. The first-order valence-electron chi connectivity index (χ1n) is 2.81. The van der Waals surface area contributed by atoms with E-state index in [9.17, 15) is 4.79 Å². The van der Waals surface area contributed by atoms with E-state index in [1.807, 2.05) is 22.6 Å². The third-order valence-electron chi connectivity index (χ3n) is 0.702. The number of carbonyl (C=O) groups is 1. The Morgan fingerprint density at radius 1 is 1.58 bits per heavy atom. The van der Waals surface area contributed by atoms with Crippen molar-refractivity contribution in [2.75, 3.05) is 6.61 Å². The van der Waals surface area contributed by atoms with Crippen LogP contribution in [0.4, 0.5) is 4.79 Å². The van der Waals surface area contributed by atoms with E-state index in [1.54, 1.807) is 0 Å². The van der Waals surface area contributed by atoms with Crippen LogP contribution in [-0.4, -0.2) is 24.6 Å². The van der Waals surface area contributed by atoms with Gasteiger partial charge >= 0.3 is 6.16 Å². The molecule has 0 aliphatic carbocycles. The molecule has 0 bridgehead atoms. The maximum Gasteiger partial charge on any atom is 0.505 e. The van der Waals surface area contributed by atoms with E-state index in [2.05, 4.69) is 55.1 Å². The van der Waals surface area contributed by atoms with Gasteiger partial charge in [-0.1, -0.05) is 73.0 Å². The van der Waals surface area contributed by atoms with Crippen molar-refractivity contribution in [3.63, 3.8) is 0 Å². The summed E-state index contributed by atoms with van der Waals surface area (Å²) in [5.74, 6) is 5.67. The van der Waals surface area contributed by atoms with Crippen LogP contribution in [0.5, 0.6) is 0 Å². The van der Waals surface area contributed by atoms with Crippen molar-refractivity contribution in [1.82, 2.24) is 0 Å². The lowest BCUT2D eigenvalue weighted by Gasteiger charge is -2.00. The maximum atomic E-state index is 9.96. The Balaban J connectivity index is 3.68. The molecule has 0 radical (unpaired) electrons. The summed E-state index contributed by atoms with van der Waals surface area (Å²) in [6.07, 6.45) is -1.26. The quantitative estimate of drug-likeness (QED) is 0.299. The zero-order valence-corrected chi connectivity index (χ0v) is 11.7. The topological polar surface area (TPSA) is 46.5 Å². The average Bonchev–Trinajstić information content (AvgIpc) is 1.96. The van der Waals surface area contributed by atoms with E-state index in [4.69, 9.17) is 5.11 Å². The van der Waals surface area contributed by atoms with Crippen molar-refractivity contribution in [3.05, 3.63) is 0 Å². The van der Waals surface area contributed by atoms with Gasteiger partial charge in [-0.2, -0.15) is 0 Å². The van der Waals surface area contributed by atoms with Crippen LogP contribution in [0.15, 0.2) is 0 Å². The fourth-order valence-electron chi connectivity index (χ4n) is 0.340. The Morgan fingerprint density at radius 2 is 2.17 bits per heavy atom. The Bertz CT molecular complexity index is 209. The Labute approximate surface area is 106 Å². The van der Waals surface area contributed by atoms with Crippen LogP contribution in [-0.2, 0) is 4.74 Å². The van der Waals surface area contributed by atoms with Crippen LogP contribution in [0.2, 0.25) is 0 Å². The number of hydrogen-bond donors (Lipinski definition) is 1.